The fourth-order valence-corrected chi connectivity index (χ4v) is 6.37. The second kappa shape index (κ2) is 7.77. The molecule has 1 aromatic carbocycles. The summed E-state index contributed by atoms with van der Waals surface area (Å²) >= 11 is 1.78. The summed E-state index contributed by atoms with van der Waals surface area (Å²) < 4.78 is 1.10. The van der Waals surface area contributed by atoms with Crippen LogP contribution in [0.3, 0.4) is 0 Å². The maximum absolute atomic E-state index is 4.59. The molecule has 0 atom stereocenters. The lowest BCUT2D eigenvalue weighted by molar-refractivity contribution is 0.224. The van der Waals surface area contributed by atoms with Gasteiger partial charge in [-0.15, -0.1) is 11.3 Å². The smallest absolute Gasteiger partial charge is 0.116 e. The van der Waals surface area contributed by atoms with Crippen molar-refractivity contribution in [3.63, 3.8) is 0 Å². The van der Waals surface area contributed by atoms with Crippen molar-refractivity contribution in [1.29, 1.82) is 0 Å². The fraction of sp³-hybridized carbons (Fsp3) is 0.407. The van der Waals surface area contributed by atoms with Crippen LogP contribution in [0.25, 0.3) is 26.2 Å². The summed E-state index contributed by atoms with van der Waals surface area (Å²) in [6.07, 6.45) is 8.66. The fourth-order valence-electron chi connectivity index (χ4n) is 4.91. The predicted octanol–water partition coefficient (Wildman–Crippen LogP) is 8.17. The third-order valence-electron chi connectivity index (χ3n) is 6.85. The molecule has 1 saturated carbocycles. The molecule has 4 rings (SSSR count). The topological polar surface area (TPSA) is 25.8 Å². The van der Waals surface area contributed by atoms with Crippen molar-refractivity contribution in [2.24, 2.45) is 5.41 Å². The van der Waals surface area contributed by atoms with Crippen molar-refractivity contribution in [2.75, 3.05) is 0 Å². The molecule has 2 aromatic heterocycles. The Balaban J connectivity index is 1.78. The van der Waals surface area contributed by atoms with Gasteiger partial charge in [-0.2, -0.15) is 0 Å². The number of aromatic nitrogens is 2. The van der Waals surface area contributed by atoms with Gasteiger partial charge in [0, 0.05) is 4.88 Å². The number of rotatable bonds is 4. The molecule has 2 heterocycles. The molecule has 2 nitrogen and oxygen atoms in total. The van der Waals surface area contributed by atoms with Crippen molar-refractivity contribution in [2.45, 2.75) is 66.2 Å². The van der Waals surface area contributed by atoms with Gasteiger partial charge in [-0.1, -0.05) is 45.2 Å². The Morgan fingerprint density at radius 3 is 2.33 bits per heavy atom. The SMILES string of the molecule is C=CC(=C)c1ncnc2c(C)c(-c3c(C)cc(C4CCC(C)(C)CC4)cc3C)sc12. The Hall–Kier alpha value is -2.26. The van der Waals surface area contributed by atoms with Gasteiger partial charge in [0.1, 0.15) is 6.33 Å². The third-order valence-corrected chi connectivity index (χ3v) is 8.15. The van der Waals surface area contributed by atoms with E-state index in [0.717, 1.165) is 21.5 Å². The van der Waals surface area contributed by atoms with Gasteiger partial charge in [-0.3, -0.25) is 0 Å². The quantitative estimate of drug-likeness (QED) is 0.401. The van der Waals surface area contributed by atoms with E-state index in [1.807, 2.05) is 0 Å². The van der Waals surface area contributed by atoms with E-state index in [1.54, 1.807) is 23.7 Å². The third kappa shape index (κ3) is 3.65. The average Bonchev–Trinajstić information content (AvgIpc) is 3.03. The van der Waals surface area contributed by atoms with Gasteiger partial charge in [-0.05, 0) is 91.2 Å². The molecule has 0 aliphatic heterocycles. The van der Waals surface area contributed by atoms with Crippen LogP contribution in [-0.4, -0.2) is 9.97 Å². The van der Waals surface area contributed by atoms with Gasteiger partial charge in [-0.25, -0.2) is 9.97 Å². The Morgan fingerprint density at radius 2 is 1.73 bits per heavy atom. The highest BCUT2D eigenvalue weighted by molar-refractivity contribution is 7.22. The van der Waals surface area contributed by atoms with E-state index in [2.05, 4.69) is 69.9 Å². The van der Waals surface area contributed by atoms with Crippen molar-refractivity contribution in [1.82, 2.24) is 9.97 Å². The number of allylic oxidation sites excluding steroid dienone is 2. The minimum absolute atomic E-state index is 0.503. The average molecular weight is 417 g/mol. The van der Waals surface area contributed by atoms with Crippen molar-refractivity contribution < 1.29 is 0 Å². The summed E-state index contributed by atoms with van der Waals surface area (Å²) in [6.45, 7) is 19.5. The summed E-state index contributed by atoms with van der Waals surface area (Å²) in [6, 6.07) is 4.87. The molecule has 1 aliphatic rings. The first kappa shape index (κ1) is 21.0. The van der Waals surface area contributed by atoms with Crippen LogP contribution < -0.4 is 0 Å². The Bertz CT molecular complexity index is 1120. The maximum Gasteiger partial charge on any atom is 0.116 e. The molecule has 0 bridgehead atoms. The highest BCUT2D eigenvalue weighted by atomic mass is 32.1. The molecule has 0 N–H and O–H groups in total. The molecule has 0 amide bonds. The number of aryl methyl sites for hydroxylation is 3. The molecule has 0 spiro atoms. The molecule has 0 unspecified atom stereocenters. The highest BCUT2D eigenvalue weighted by Gasteiger charge is 2.28. The number of hydrogen-bond acceptors (Lipinski definition) is 3. The highest BCUT2D eigenvalue weighted by Crippen LogP contribution is 2.46. The largest absolute Gasteiger partial charge is 0.235 e. The summed E-state index contributed by atoms with van der Waals surface area (Å²) in [5.74, 6) is 0.696. The number of nitrogens with zero attached hydrogens (tertiary/aromatic N) is 2. The van der Waals surface area contributed by atoms with Gasteiger partial charge in [0.05, 0.1) is 15.9 Å². The van der Waals surface area contributed by atoms with Gasteiger partial charge in [0.2, 0.25) is 0 Å². The van der Waals surface area contributed by atoms with Crippen molar-refractivity contribution in [3.05, 3.63) is 65.6 Å². The van der Waals surface area contributed by atoms with E-state index in [4.69, 9.17) is 0 Å². The normalized spacial score (nSPS) is 16.7. The minimum Gasteiger partial charge on any atom is -0.235 e. The summed E-state index contributed by atoms with van der Waals surface area (Å²) in [4.78, 5) is 10.4. The molecule has 156 valence electrons. The van der Waals surface area contributed by atoms with Crippen LogP contribution in [-0.2, 0) is 0 Å². The zero-order valence-electron chi connectivity index (χ0n) is 18.9. The number of benzene rings is 1. The molecule has 0 radical (unpaired) electrons. The van der Waals surface area contributed by atoms with E-state index < -0.39 is 0 Å². The van der Waals surface area contributed by atoms with Crippen LogP contribution >= 0.6 is 11.3 Å². The van der Waals surface area contributed by atoms with Crippen LogP contribution in [0.4, 0.5) is 0 Å². The molecule has 0 saturated heterocycles. The zero-order valence-corrected chi connectivity index (χ0v) is 19.7. The van der Waals surface area contributed by atoms with Crippen molar-refractivity contribution >= 4 is 27.1 Å². The van der Waals surface area contributed by atoms with Crippen molar-refractivity contribution in [3.8, 4) is 10.4 Å². The van der Waals surface area contributed by atoms with E-state index in [-0.39, 0.29) is 0 Å². The Morgan fingerprint density at radius 1 is 1.10 bits per heavy atom. The standard InChI is InChI=1S/C27H32N2S/c1-8-16(2)23-26-24(29-15-28-23)19(5)25(30-26)22-17(3)13-21(14-18(22)4)20-9-11-27(6,7)12-10-20/h8,13-15,20H,1-2,9-12H2,3-7H3. The van der Waals surface area contributed by atoms with Gasteiger partial charge in [0.15, 0.2) is 0 Å². The minimum atomic E-state index is 0.503. The van der Waals surface area contributed by atoms with Crippen LogP contribution in [0.2, 0.25) is 0 Å². The Labute approximate surface area is 184 Å². The first-order valence-electron chi connectivity index (χ1n) is 10.9. The van der Waals surface area contributed by atoms with E-state index in [0.29, 0.717) is 11.3 Å². The van der Waals surface area contributed by atoms with Crippen LogP contribution in [0.15, 0.2) is 37.7 Å². The van der Waals surface area contributed by atoms with Crippen LogP contribution in [0.5, 0.6) is 0 Å². The molecule has 30 heavy (non-hydrogen) atoms. The summed E-state index contributed by atoms with van der Waals surface area (Å²) in [5, 5.41) is 0. The summed E-state index contributed by atoms with van der Waals surface area (Å²) in [7, 11) is 0. The van der Waals surface area contributed by atoms with Gasteiger partial charge >= 0.3 is 0 Å². The van der Waals surface area contributed by atoms with E-state index >= 15 is 0 Å². The second-order valence-electron chi connectivity index (χ2n) is 9.65. The monoisotopic (exact) mass is 416 g/mol. The lowest BCUT2D eigenvalue weighted by atomic mass is 9.71. The maximum atomic E-state index is 4.59. The zero-order chi connectivity index (χ0) is 21.6. The number of fused-ring (bicyclic) bond motifs is 1. The number of hydrogen-bond donors (Lipinski definition) is 0. The van der Waals surface area contributed by atoms with Gasteiger partial charge in [0.25, 0.3) is 0 Å². The van der Waals surface area contributed by atoms with E-state index in [9.17, 15) is 0 Å². The first-order valence-corrected chi connectivity index (χ1v) is 11.7. The summed E-state index contributed by atoms with van der Waals surface area (Å²) in [5.41, 5.74) is 10.1. The molecule has 1 fully saturated rings. The van der Waals surface area contributed by atoms with Crippen LogP contribution in [0, 0.1) is 26.2 Å². The predicted molar refractivity (Wildman–Crippen MR) is 131 cm³/mol. The lowest BCUT2D eigenvalue weighted by Gasteiger charge is -2.35. The van der Waals surface area contributed by atoms with E-state index in [1.165, 1.54) is 58.4 Å². The first-order chi connectivity index (χ1) is 14.2. The van der Waals surface area contributed by atoms with Gasteiger partial charge < -0.3 is 0 Å². The molecule has 3 aromatic rings. The number of thiophene rings is 1. The van der Waals surface area contributed by atoms with Crippen LogP contribution in [0.1, 0.15) is 73.4 Å². The second-order valence-corrected chi connectivity index (χ2v) is 10.7. The molecule has 1 aliphatic carbocycles. The molecule has 3 heteroatoms. The molecular formula is C27H32N2S. The Kier molecular flexibility index (Phi) is 5.44. The molecular weight excluding hydrogens is 384 g/mol. The lowest BCUT2D eigenvalue weighted by Crippen LogP contribution is -2.20.